The van der Waals surface area contributed by atoms with E-state index in [2.05, 4.69) is 31.0 Å². The second-order valence-corrected chi connectivity index (χ2v) is 4.10. The van der Waals surface area contributed by atoms with Crippen LogP contribution in [0.4, 0.5) is 0 Å². The Labute approximate surface area is 88.8 Å². The number of hydrogen-bond acceptors (Lipinski definition) is 3. The van der Waals surface area contributed by atoms with E-state index in [1.165, 1.54) is 6.42 Å². The lowest BCUT2D eigenvalue weighted by molar-refractivity contribution is 0.126. The van der Waals surface area contributed by atoms with Crippen LogP contribution in [0.15, 0.2) is 0 Å². The summed E-state index contributed by atoms with van der Waals surface area (Å²) in [6, 6.07) is 1.20. The van der Waals surface area contributed by atoms with Gasteiger partial charge in [0.25, 0.3) is 0 Å². The molecule has 3 heteroatoms. The van der Waals surface area contributed by atoms with Crippen LogP contribution in [0.5, 0.6) is 0 Å². The molecule has 1 N–H and O–H groups in total. The molecule has 0 aromatic rings. The van der Waals surface area contributed by atoms with Gasteiger partial charge in [-0.05, 0) is 40.8 Å². The quantitative estimate of drug-likeness (QED) is 0.643. The summed E-state index contributed by atoms with van der Waals surface area (Å²) < 4.78 is 5.10. The summed E-state index contributed by atoms with van der Waals surface area (Å²) in [4.78, 5) is 2.46. The predicted octanol–water partition coefficient (Wildman–Crippen LogP) is 1.34. The van der Waals surface area contributed by atoms with Crippen LogP contribution in [0.25, 0.3) is 0 Å². The van der Waals surface area contributed by atoms with Gasteiger partial charge in [0, 0.05) is 25.7 Å². The van der Waals surface area contributed by atoms with Gasteiger partial charge < -0.3 is 10.1 Å². The zero-order chi connectivity index (χ0) is 11.0. The standard InChI is InChI=1S/C11H26N2O/c1-10(2)13(8-9-14-5)7-6-11(3)12-4/h10-12H,6-9H2,1-5H3. The lowest BCUT2D eigenvalue weighted by Gasteiger charge is -2.27. The number of ether oxygens (including phenoxy) is 1. The highest BCUT2D eigenvalue weighted by atomic mass is 16.5. The first-order valence-electron chi connectivity index (χ1n) is 5.52. The zero-order valence-corrected chi connectivity index (χ0v) is 10.3. The molecule has 0 radical (unpaired) electrons. The lowest BCUT2D eigenvalue weighted by atomic mass is 10.2. The predicted molar refractivity (Wildman–Crippen MR) is 61.7 cm³/mol. The van der Waals surface area contributed by atoms with Gasteiger partial charge in [0.2, 0.25) is 0 Å². The van der Waals surface area contributed by atoms with E-state index in [9.17, 15) is 0 Å². The number of rotatable bonds is 8. The summed E-state index contributed by atoms with van der Waals surface area (Å²) in [6.45, 7) is 9.69. The minimum absolute atomic E-state index is 0.596. The highest BCUT2D eigenvalue weighted by Crippen LogP contribution is 2.01. The molecule has 0 saturated carbocycles. The van der Waals surface area contributed by atoms with Crippen molar-refractivity contribution in [3.8, 4) is 0 Å². The van der Waals surface area contributed by atoms with Crippen molar-refractivity contribution < 1.29 is 4.74 Å². The molecule has 0 bridgehead atoms. The van der Waals surface area contributed by atoms with Gasteiger partial charge in [0.15, 0.2) is 0 Å². The van der Waals surface area contributed by atoms with Crippen LogP contribution in [0.2, 0.25) is 0 Å². The minimum atomic E-state index is 0.596. The fourth-order valence-electron chi connectivity index (χ4n) is 1.34. The van der Waals surface area contributed by atoms with Crippen LogP contribution < -0.4 is 5.32 Å². The number of nitrogens with one attached hydrogen (secondary N) is 1. The van der Waals surface area contributed by atoms with Crippen molar-refractivity contribution in [1.82, 2.24) is 10.2 Å². The summed E-state index contributed by atoms with van der Waals surface area (Å²) in [5, 5.41) is 3.26. The highest BCUT2D eigenvalue weighted by molar-refractivity contribution is 4.66. The highest BCUT2D eigenvalue weighted by Gasteiger charge is 2.09. The minimum Gasteiger partial charge on any atom is -0.383 e. The smallest absolute Gasteiger partial charge is 0.0589 e. The first-order chi connectivity index (χ1) is 6.61. The Kier molecular flexibility index (Phi) is 8.14. The number of hydrogen-bond donors (Lipinski definition) is 1. The van der Waals surface area contributed by atoms with E-state index in [4.69, 9.17) is 4.74 Å². The summed E-state index contributed by atoms with van der Waals surface area (Å²) in [5.41, 5.74) is 0. The van der Waals surface area contributed by atoms with Crippen molar-refractivity contribution in [3.05, 3.63) is 0 Å². The maximum absolute atomic E-state index is 5.10. The van der Waals surface area contributed by atoms with Crippen molar-refractivity contribution in [2.45, 2.75) is 39.3 Å². The summed E-state index contributed by atoms with van der Waals surface area (Å²) in [6.07, 6.45) is 1.19. The molecule has 0 aliphatic carbocycles. The van der Waals surface area contributed by atoms with E-state index >= 15 is 0 Å². The molecule has 1 unspecified atom stereocenters. The molecule has 0 aromatic carbocycles. The Bertz CT molecular complexity index is 128. The molecule has 0 aliphatic rings. The fraction of sp³-hybridized carbons (Fsp3) is 1.00. The number of methoxy groups -OCH3 is 1. The molecule has 1 atom stereocenters. The molecular weight excluding hydrogens is 176 g/mol. The molecule has 0 spiro atoms. The van der Waals surface area contributed by atoms with E-state index in [1.807, 2.05) is 7.05 Å². The molecule has 86 valence electrons. The Morgan fingerprint density at radius 1 is 1.21 bits per heavy atom. The Morgan fingerprint density at radius 2 is 1.86 bits per heavy atom. The topological polar surface area (TPSA) is 24.5 Å². The third-order valence-corrected chi connectivity index (χ3v) is 2.66. The van der Waals surface area contributed by atoms with Gasteiger partial charge in [-0.3, -0.25) is 4.90 Å². The maximum atomic E-state index is 5.10. The normalized spacial score (nSPS) is 13.9. The number of nitrogens with zero attached hydrogens (tertiary/aromatic N) is 1. The third kappa shape index (κ3) is 6.35. The Morgan fingerprint density at radius 3 is 2.29 bits per heavy atom. The molecule has 0 rings (SSSR count). The molecule has 0 amide bonds. The van der Waals surface area contributed by atoms with Crippen molar-refractivity contribution in [2.75, 3.05) is 33.9 Å². The van der Waals surface area contributed by atoms with E-state index in [0.29, 0.717) is 12.1 Å². The Hall–Kier alpha value is -0.120. The van der Waals surface area contributed by atoms with Crippen molar-refractivity contribution in [3.63, 3.8) is 0 Å². The summed E-state index contributed by atoms with van der Waals surface area (Å²) in [5.74, 6) is 0. The van der Waals surface area contributed by atoms with E-state index in [-0.39, 0.29) is 0 Å². The van der Waals surface area contributed by atoms with Gasteiger partial charge in [-0.2, -0.15) is 0 Å². The fourth-order valence-corrected chi connectivity index (χ4v) is 1.34. The first kappa shape index (κ1) is 13.9. The van der Waals surface area contributed by atoms with Crippen LogP contribution >= 0.6 is 0 Å². The summed E-state index contributed by atoms with van der Waals surface area (Å²) >= 11 is 0. The van der Waals surface area contributed by atoms with Gasteiger partial charge in [-0.25, -0.2) is 0 Å². The van der Waals surface area contributed by atoms with Gasteiger partial charge in [0.05, 0.1) is 6.61 Å². The van der Waals surface area contributed by atoms with Gasteiger partial charge in [0.1, 0.15) is 0 Å². The zero-order valence-electron chi connectivity index (χ0n) is 10.3. The first-order valence-corrected chi connectivity index (χ1v) is 5.52. The summed E-state index contributed by atoms with van der Waals surface area (Å²) in [7, 11) is 3.77. The van der Waals surface area contributed by atoms with Crippen molar-refractivity contribution in [1.29, 1.82) is 0 Å². The molecule has 0 aliphatic heterocycles. The largest absolute Gasteiger partial charge is 0.383 e. The van der Waals surface area contributed by atoms with Crippen LogP contribution in [0, 0.1) is 0 Å². The SMILES string of the molecule is CNC(C)CCN(CCOC)C(C)C. The third-order valence-electron chi connectivity index (χ3n) is 2.66. The van der Waals surface area contributed by atoms with Crippen molar-refractivity contribution in [2.24, 2.45) is 0 Å². The van der Waals surface area contributed by atoms with E-state index in [0.717, 1.165) is 19.7 Å². The van der Waals surface area contributed by atoms with Gasteiger partial charge >= 0.3 is 0 Å². The van der Waals surface area contributed by atoms with Gasteiger partial charge in [-0.15, -0.1) is 0 Å². The maximum Gasteiger partial charge on any atom is 0.0589 e. The van der Waals surface area contributed by atoms with Crippen LogP contribution in [0.1, 0.15) is 27.2 Å². The van der Waals surface area contributed by atoms with Crippen LogP contribution in [-0.4, -0.2) is 50.8 Å². The molecule has 0 saturated heterocycles. The van der Waals surface area contributed by atoms with E-state index < -0.39 is 0 Å². The molecule has 0 fully saturated rings. The monoisotopic (exact) mass is 202 g/mol. The molecular formula is C11H26N2O. The lowest BCUT2D eigenvalue weighted by Crippen LogP contribution is -2.37. The van der Waals surface area contributed by atoms with Gasteiger partial charge in [-0.1, -0.05) is 0 Å². The molecule has 3 nitrogen and oxygen atoms in total. The molecule has 0 aromatic heterocycles. The molecule has 14 heavy (non-hydrogen) atoms. The average molecular weight is 202 g/mol. The second-order valence-electron chi connectivity index (χ2n) is 4.10. The Balaban J connectivity index is 3.73. The van der Waals surface area contributed by atoms with Crippen LogP contribution in [-0.2, 0) is 4.74 Å². The molecule has 0 heterocycles. The van der Waals surface area contributed by atoms with Crippen molar-refractivity contribution >= 4 is 0 Å². The van der Waals surface area contributed by atoms with Crippen LogP contribution in [0.3, 0.4) is 0 Å². The average Bonchev–Trinajstić information content (AvgIpc) is 2.16. The second kappa shape index (κ2) is 8.21. The van der Waals surface area contributed by atoms with E-state index in [1.54, 1.807) is 7.11 Å².